The maximum Gasteiger partial charge on any atom is 0.336 e. The highest BCUT2D eigenvalue weighted by atomic mass is 16.5. The van der Waals surface area contributed by atoms with Crippen LogP contribution in [0.25, 0.3) is 0 Å². The molecule has 2 rings (SSSR count). The highest BCUT2D eigenvalue weighted by Crippen LogP contribution is 2.33. The molecular formula is C13H22N2O4. The molecule has 0 bridgehead atoms. The topological polar surface area (TPSA) is 87.7 Å². The Morgan fingerprint density at radius 2 is 2.16 bits per heavy atom. The van der Waals surface area contributed by atoms with Gasteiger partial charge in [0.15, 0.2) is 6.10 Å². The Hall–Kier alpha value is -1.14. The minimum atomic E-state index is -1.29. The van der Waals surface area contributed by atoms with E-state index in [0.29, 0.717) is 12.0 Å². The first-order valence-electron chi connectivity index (χ1n) is 6.91. The number of aliphatic hydroxyl groups is 1. The summed E-state index contributed by atoms with van der Waals surface area (Å²) in [6, 6.07) is 0.257. The number of carbonyl (C=O) groups is 2. The van der Waals surface area contributed by atoms with E-state index in [0.717, 1.165) is 12.8 Å². The summed E-state index contributed by atoms with van der Waals surface area (Å²) in [5.74, 6) is -0.277. The van der Waals surface area contributed by atoms with Crippen LogP contribution in [0.4, 0.5) is 0 Å². The number of methoxy groups -OCH3 is 1. The normalized spacial score (nSPS) is 31.4. The SMILES string of the molecule is COC(=O)C(O)CNC(=O)C1CC2CCCCC2N1. The third-order valence-corrected chi connectivity index (χ3v) is 4.12. The van der Waals surface area contributed by atoms with E-state index in [2.05, 4.69) is 15.4 Å². The molecule has 1 saturated carbocycles. The Balaban J connectivity index is 1.76. The van der Waals surface area contributed by atoms with Crippen LogP contribution in [0.1, 0.15) is 32.1 Å². The van der Waals surface area contributed by atoms with Crippen LogP contribution < -0.4 is 10.6 Å². The van der Waals surface area contributed by atoms with Crippen LogP contribution in [0.5, 0.6) is 0 Å². The Morgan fingerprint density at radius 3 is 2.84 bits per heavy atom. The Bertz CT molecular complexity index is 334. The molecule has 0 spiro atoms. The van der Waals surface area contributed by atoms with Crippen molar-refractivity contribution < 1.29 is 19.4 Å². The van der Waals surface area contributed by atoms with Crippen molar-refractivity contribution in [2.45, 2.75) is 50.3 Å². The van der Waals surface area contributed by atoms with E-state index < -0.39 is 12.1 Å². The molecule has 0 aromatic carbocycles. The molecule has 108 valence electrons. The van der Waals surface area contributed by atoms with Gasteiger partial charge in [-0.05, 0) is 25.2 Å². The third kappa shape index (κ3) is 3.45. The Morgan fingerprint density at radius 1 is 1.42 bits per heavy atom. The van der Waals surface area contributed by atoms with Gasteiger partial charge in [-0.25, -0.2) is 4.79 Å². The van der Waals surface area contributed by atoms with E-state index in [1.807, 2.05) is 0 Å². The van der Waals surface area contributed by atoms with Gasteiger partial charge in [0.25, 0.3) is 0 Å². The summed E-state index contributed by atoms with van der Waals surface area (Å²) in [7, 11) is 1.20. The molecule has 4 unspecified atom stereocenters. The minimum Gasteiger partial charge on any atom is -0.467 e. The molecule has 0 radical (unpaired) electrons. The lowest BCUT2D eigenvalue weighted by Crippen LogP contribution is -2.46. The van der Waals surface area contributed by atoms with E-state index >= 15 is 0 Å². The van der Waals surface area contributed by atoms with Crippen LogP contribution in [0.3, 0.4) is 0 Å². The van der Waals surface area contributed by atoms with E-state index in [9.17, 15) is 14.7 Å². The molecule has 2 fully saturated rings. The van der Waals surface area contributed by atoms with Crippen molar-refractivity contribution >= 4 is 11.9 Å². The van der Waals surface area contributed by atoms with Gasteiger partial charge in [0.1, 0.15) is 0 Å². The van der Waals surface area contributed by atoms with Gasteiger partial charge in [0, 0.05) is 6.04 Å². The zero-order valence-corrected chi connectivity index (χ0v) is 11.2. The van der Waals surface area contributed by atoms with Crippen molar-refractivity contribution in [2.75, 3.05) is 13.7 Å². The molecule has 3 N–H and O–H groups in total. The van der Waals surface area contributed by atoms with Gasteiger partial charge < -0.3 is 20.5 Å². The van der Waals surface area contributed by atoms with E-state index in [4.69, 9.17) is 0 Å². The fourth-order valence-corrected chi connectivity index (χ4v) is 3.06. The quantitative estimate of drug-likeness (QED) is 0.603. The monoisotopic (exact) mass is 270 g/mol. The van der Waals surface area contributed by atoms with Gasteiger partial charge in [-0.3, -0.25) is 4.79 Å². The number of aliphatic hydroxyl groups excluding tert-OH is 1. The second-order valence-corrected chi connectivity index (χ2v) is 5.39. The van der Waals surface area contributed by atoms with Gasteiger partial charge in [-0.2, -0.15) is 0 Å². The molecule has 6 heteroatoms. The van der Waals surface area contributed by atoms with Crippen molar-refractivity contribution in [3.63, 3.8) is 0 Å². The van der Waals surface area contributed by atoms with Crippen molar-refractivity contribution in [3.05, 3.63) is 0 Å². The lowest BCUT2D eigenvalue weighted by Gasteiger charge is -2.24. The summed E-state index contributed by atoms with van der Waals surface area (Å²) < 4.78 is 4.39. The fraction of sp³-hybridized carbons (Fsp3) is 0.846. The maximum atomic E-state index is 12.0. The first-order valence-corrected chi connectivity index (χ1v) is 6.91. The van der Waals surface area contributed by atoms with Crippen LogP contribution in [0.15, 0.2) is 0 Å². The number of hydrogen-bond acceptors (Lipinski definition) is 5. The summed E-state index contributed by atoms with van der Waals surface area (Å²) in [5, 5.41) is 15.4. The summed E-state index contributed by atoms with van der Waals surface area (Å²) in [6.07, 6.45) is 4.36. The summed E-state index contributed by atoms with van der Waals surface area (Å²) >= 11 is 0. The van der Waals surface area contributed by atoms with Crippen molar-refractivity contribution in [1.82, 2.24) is 10.6 Å². The highest BCUT2D eigenvalue weighted by Gasteiger charge is 2.38. The first kappa shape index (κ1) is 14.3. The summed E-state index contributed by atoms with van der Waals surface area (Å²) in [4.78, 5) is 23.0. The van der Waals surface area contributed by atoms with E-state index in [1.165, 1.54) is 26.4 Å². The molecule has 2 aliphatic rings. The summed E-state index contributed by atoms with van der Waals surface area (Å²) in [5.41, 5.74) is 0. The number of nitrogens with one attached hydrogen (secondary N) is 2. The number of rotatable bonds is 4. The van der Waals surface area contributed by atoms with Crippen LogP contribution in [-0.4, -0.2) is 48.8 Å². The minimum absolute atomic E-state index is 0.0982. The van der Waals surface area contributed by atoms with Crippen LogP contribution in [-0.2, 0) is 14.3 Å². The molecule has 1 heterocycles. The predicted molar refractivity (Wildman–Crippen MR) is 68.3 cm³/mol. The lowest BCUT2D eigenvalue weighted by atomic mass is 9.85. The van der Waals surface area contributed by atoms with Gasteiger partial charge in [-0.1, -0.05) is 12.8 Å². The molecule has 0 aromatic heterocycles. The zero-order valence-electron chi connectivity index (χ0n) is 11.2. The second-order valence-electron chi connectivity index (χ2n) is 5.39. The van der Waals surface area contributed by atoms with Gasteiger partial charge >= 0.3 is 5.97 Å². The highest BCUT2D eigenvalue weighted by molar-refractivity contribution is 5.83. The van der Waals surface area contributed by atoms with Gasteiger partial charge in [0.05, 0.1) is 19.7 Å². The van der Waals surface area contributed by atoms with Crippen LogP contribution in [0.2, 0.25) is 0 Å². The standard InChI is InChI=1S/C13H22N2O4/c1-19-13(18)11(16)7-14-12(17)10-6-8-4-2-3-5-9(8)15-10/h8-11,15-16H,2-7H2,1H3,(H,14,17). The van der Waals surface area contributed by atoms with Gasteiger partial charge in [-0.15, -0.1) is 0 Å². The zero-order chi connectivity index (χ0) is 13.8. The maximum absolute atomic E-state index is 12.0. The second kappa shape index (κ2) is 6.34. The lowest BCUT2D eigenvalue weighted by molar-refractivity contribution is -0.150. The molecule has 1 saturated heterocycles. The molecule has 1 aliphatic heterocycles. The molecule has 19 heavy (non-hydrogen) atoms. The number of carbonyl (C=O) groups excluding carboxylic acids is 2. The third-order valence-electron chi connectivity index (χ3n) is 4.12. The largest absolute Gasteiger partial charge is 0.467 e. The van der Waals surface area contributed by atoms with Crippen molar-refractivity contribution in [2.24, 2.45) is 5.92 Å². The number of ether oxygens (including phenoxy) is 1. The number of fused-ring (bicyclic) bond motifs is 1. The molecular weight excluding hydrogens is 248 g/mol. The number of esters is 1. The number of amides is 1. The fourth-order valence-electron chi connectivity index (χ4n) is 3.06. The van der Waals surface area contributed by atoms with Gasteiger partial charge in [0.2, 0.25) is 5.91 Å². The summed E-state index contributed by atoms with van der Waals surface area (Å²) in [6.45, 7) is -0.0982. The average Bonchev–Trinajstić information content (AvgIpc) is 2.87. The Labute approximate surface area is 112 Å². The molecule has 4 atom stereocenters. The van der Waals surface area contributed by atoms with E-state index in [1.54, 1.807) is 0 Å². The smallest absolute Gasteiger partial charge is 0.336 e. The molecule has 1 aliphatic carbocycles. The molecule has 0 aromatic rings. The van der Waals surface area contributed by atoms with E-state index in [-0.39, 0.29) is 18.5 Å². The van der Waals surface area contributed by atoms with Crippen LogP contribution in [0, 0.1) is 5.92 Å². The average molecular weight is 270 g/mol. The van der Waals surface area contributed by atoms with Crippen LogP contribution >= 0.6 is 0 Å². The molecule has 1 amide bonds. The number of hydrogen-bond donors (Lipinski definition) is 3. The first-order chi connectivity index (χ1) is 9.11. The van der Waals surface area contributed by atoms with Crippen molar-refractivity contribution in [3.8, 4) is 0 Å². The Kier molecular flexibility index (Phi) is 4.76. The molecule has 6 nitrogen and oxygen atoms in total. The van der Waals surface area contributed by atoms with Crippen molar-refractivity contribution in [1.29, 1.82) is 0 Å². The predicted octanol–water partition coefficient (Wildman–Crippen LogP) is -0.443.